The molecule has 0 fully saturated rings. The van der Waals surface area contributed by atoms with Gasteiger partial charge in [0, 0.05) is 16.5 Å². The van der Waals surface area contributed by atoms with Crippen LogP contribution in [0, 0.1) is 0 Å². The predicted octanol–water partition coefficient (Wildman–Crippen LogP) is 6.63. The lowest BCUT2D eigenvalue weighted by molar-refractivity contribution is -0.132. The van der Waals surface area contributed by atoms with E-state index >= 15 is 0 Å². The van der Waals surface area contributed by atoms with E-state index in [2.05, 4.69) is 30.6 Å². The van der Waals surface area contributed by atoms with E-state index in [1.165, 1.54) is 12.7 Å². The molecule has 2 aliphatic rings. The number of allylic oxidation sites excluding steroid dienone is 5. The Kier molecular flexibility index (Phi) is 6.59. The molecule has 0 saturated carbocycles. The number of nitrogens with zero attached hydrogens (tertiary/aromatic N) is 1. The summed E-state index contributed by atoms with van der Waals surface area (Å²) in [7, 11) is 1.38. The summed E-state index contributed by atoms with van der Waals surface area (Å²) in [6.07, 6.45) is 10.6. The van der Waals surface area contributed by atoms with Crippen LogP contribution in [0.15, 0.2) is 47.1 Å². The summed E-state index contributed by atoms with van der Waals surface area (Å²) in [4.78, 5) is 24.6. The smallest absolute Gasteiger partial charge is 0.337 e. The van der Waals surface area contributed by atoms with Gasteiger partial charge in [-0.25, -0.2) is 9.59 Å². The molecule has 2 aromatic rings. The molecule has 0 saturated heterocycles. The van der Waals surface area contributed by atoms with Gasteiger partial charge >= 0.3 is 11.9 Å². The number of hydrogen-bond donors (Lipinski definition) is 1. The Labute approximate surface area is 195 Å². The fraction of sp³-hybridized carbons (Fsp3) is 0.429. The van der Waals surface area contributed by atoms with Crippen molar-refractivity contribution in [2.24, 2.45) is 0 Å². The molecular formula is C28H33NO4. The zero-order valence-electron chi connectivity index (χ0n) is 20.0. The van der Waals surface area contributed by atoms with E-state index in [4.69, 9.17) is 4.74 Å². The number of aliphatic carboxylic acids is 1. The van der Waals surface area contributed by atoms with Gasteiger partial charge in [-0.1, -0.05) is 44.9 Å². The van der Waals surface area contributed by atoms with Gasteiger partial charge in [-0.2, -0.15) is 0 Å². The number of hydrogen-bond acceptors (Lipinski definition) is 3. The van der Waals surface area contributed by atoms with Crippen LogP contribution in [0.5, 0.6) is 0 Å². The van der Waals surface area contributed by atoms with Gasteiger partial charge < -0.3 is 14.4 Å². The van der Waals surface area contributed by atoms with Gasteiger partial charge in [0.15, 0.2) is 0 Å². The summed E-state index contributed by atoms with van der Waals surface area (Å²) >= 11 is 0. The van der Waals surface area contributed by atoms with Crippen molar-refractivity contribution in [1.29, 1.82) is 0 Å². The highest BCUT2D eigenvalue weighted by molar-refractivity contribution is 6.02. The average Bonchev–Trinajstić information content (AvgIpc) is 3.07. The Balaban J connectivity index is 2.11. The summed E-state index contributed by atoms with van der Waals surface area (Å²) < 4.78 is 7.11. The summed E-state index contributed by atoms with van der Waals surface area (Å²) in [5, 5.41) is 11.2. The van der Waals surface area contributed by atoms with Crippen molar-refractivity contribution in [3.8, 4) is 0 Å². The monoisotopic (exact) mass is 447 g/mol. The zero-order chi connectivity index (χ0) is 23.7. The third kappa shape index (κ3) is 3.94. The van der Waals surface area contributed by atoms with E-state index in [0.29, 0.717) is 17.1 Å². The van der Waals surface area contributed by atoms with Gasteiger partial charge in [0.1, 0.15) is 0 Å². The normalized spacial score (nSPS) is 15.7. The fourth-order valence-electron chi connectivity index (χ4n) is 5.54. The van der Waals surface area contributed by atoms with E-state index in [-0.39, 0.29) is 12.5 Å². The maximum Gasteiger partial charge on any atom is 0.337 e. The second-order valence-electron chi connectivity index (χ2n) is 9.07. The minimum Gasteiger partial charge on any atom is -0.478 e. The molecule has 0 unspecified atom stereocenters. The van der Waals surface area contributed by atoms with Gasteiger partial charge in [0.05, 0.1) is 30.5 Å². The number of carbonyl (C=O) groups excluding carboxylic acids is 1. The van der Waals surface area contributed by atoms with Crippen LogP contribution in [0.1, 0.15) is 86.8 Å². The summed E-state index contributed by atoms with van der Waals surface area (Å²) in [5.74, 6) is -0.903. The Morgan fingerprint density at radius 3 is 2.36 bits per heavy atom. The number of ether oxygens (including phenoxy) is 1. The van der Waals surface area contributed by atoms with Crippen LogP contribution in [-0.2, 0) is 16.1 Å². The van der Waals surface area contributed by atoms with Crippen molar-refractivity contribution in [2.75, 3.05) is 7.11 Å². The van der Waals surface area contributed by atoms with Crippen LogP contribution in [-0.4, -0.2) is 28.7 Å². The molecule has 1 N–H and O–H groups in total. The first-order valence-corrected chi connectivity index (χ1v) is 12.0. The van der Waals surface area contributed by atoms with Crippen molar-refractivity contribution < 1.29 is 19.4 Å². The quantitative estimate of drug-likeness (QED) is 0.484. The molecule has 0 spiro atoms. The van der Waals surface area contributed by atoms with Crippen LogP contribution in [0.2, 0.25) is 0 Å². The standard InChI is InChI=1S/C28H33NO4/c1-5-9-18(10-6-2)25-22-14-13-19(28(32)33-4)15-24(22)29-16-23(27(30)31)17(3)20-11-7-8-12-21(20)26(25)29/h11-15,18H,5-10,16H2,1-4H3,(H,30,31). The molecule has 1 aromatic heterocycles. The van der Waals surface area contributed by atoms with Crippen molar-refractivity contribution in [3.63, 3.8) is 0 Å². The minimum absolute atomic E-state index is 0.275. The fourth-order valence-corrected chi connectivity index (χ4v) is 5.54. The molecule has 0 radical (unpaired) electrons. The molecule has 1 aliphatic heterocycles. The molecular weight excluding hydrogens is 414 g/mol. The molecule has 33 heavy (non-hydrogen) atoms. The van der Waals surface area contributed by atoms with Crippen LogP contribution < -0.4 is 0 Å². The van der Waals surface area contributed by atoms with E-state index in [9.17, 15) is 14.7 Å². The molecule has 5 heteroatoms. The van der Waals surface area contributed by atoms with Crippen LogP contribution in [0.4, 0.5) is 0 Å². The summed E-state index contributed by atoms with van der Waals surface area (Å²) in [5.41, 5.74) is 7.22. The number of esters is 1. The Morgan fingerprint density at radius 1 is 1.09 bits per heavy atom. The Morgan fingerprint density at radius 2 is 1.76 bits per heavy atom. The SMILES string of the molecule is CCCC(CCC)c1c2n(c3cc(C(=O)OC)ccc13)CC(C(=O)O)=C(C)C1=CCCC=C12. The molecule has 0 bridgehead atoms. The first kappa shape index (κ1) is 23.1. The topological polar surface area (TPSA) is 68.5 Å². The first-order valence-electron chi connectivity index (χ1n) is 12.0. The van der Waals surface area contributed by atoms with E-state index in [1.807, 2.05) is 25.1 Å². The average molecular weight is 448 g/mol. The summed E-state index contributed by atoms with van der Waals surface area (Å²) in [6, 6.07) is 5.73. The van der Waals surface area contributed by atoms with Gasteiger partial charge in [-0.3, -0.25) is 0 Å². The van der Waals surface area contributed by atoms with Crippen LogP contribution in [0.25, 0.3) is 16.5 Å². The Hall–Kier alpha value is -3.08. The lowest BCUT2D eigenvalue weighted by Gasteiger charge is -2.22. The molecule has 2 heterocycles. The maximum atomic E-state index is 12.3. The highest BCUT2D eigenvalue weighted by Gasteiger charge is 2.32. The molecule has 0 atom stereocenters. The largest absolute Gasteiger partial charge is 0.478 e. The van der Waals surface area contributed by atoms with Gasteiger partial charge in [0.2, 0.25) is 0 Å². The number of carboxylic acids is 1. The van der Waals surface area contributed by atoms with Gasteiger partial charge in [-0.15, -0.1) is 0 Å². The maximum absolute atomic E-state index is 12.3. The third-order valence-corrected chi connectivity index (χ3v) is 7.05. The number of carboxylic acid groups (broad SMARTS) is 1. The predicted molar refractivity (Wildman–Crippen MR) is 131 cm³/mol. The second-order valence-corrected chi connectivity index (χ2v) is 9.07. The van der Waals surface area contributed by atoms with Crippen molar-refractivity contribution in [3.05, 3.63) is 63.9 Å². The Bertz CT molecular complexity index is 1200. The minimum atomic E-state index is -0.891. The van der Waals surface area contributed by atoms with Crippen LogP contribution in [0.3, 0.4) is 0 Å². The van der Waals surface area contributed by atoms with E-state index in [0.717, 1.165) is 71.8 Å². The lowest BCUT2D eigenvalue weighted by atomic mass is 9.82. The summed E-state index contributed by atoms with van der Waals surface area (Å²) in [6.45, 7) is 6.64. The number of rotatable bonds is 7. The van der Waals surface area contributed by atoms with Crippen molar-refractivity contribution in [1.82, 2.24) is 4.57 Å². The highest BCUT2D eigenvalue weighted by atomic mass is 16.5. The number of fused-ring (bicyclic) bond motifs is 5. The zero-order valence-corrected chi connectivity index (χ0v) is 20.0. The van der Waals surface area contributed by atoms with Gasteiger partial charge in [-0.05, 0) is 67.4 Å². The molecule has 174 valence electrons. The van der Waals surface area contributed by atoms with Crippen molar-refractivity contribution in [2.45, 2.75) is 71.8 Å². The second kappa shape index (κ2) is 9.42. The van der Waals surface area contributed by atoms with Crippen LogP contribution >= 0.6 is 0 Å². The van der Waals surface area contributed by atoms with Gasteiger partial charge in [0.25, 0.3) is 0 Å². The molecule has 5 nitrogen and oxygen atoms in total. The lowest BCUT2D eigenvalue weighted by Crippen LogP contribution is -2.11. The first-order chi connectivity index (χ1) is 15.9. The van der Waals surface area contributed by atoms with Crippen molar-refractivity contribution >= 4 is 28.4 Å². The number of aromatic nitrogens is 1. The molecule has 1 aromatic carbocycles. The van der Waals surface area contributed by atoms with E-state index < -0.39 is 5.97 Å². The molecule has 1 aliphatic carbocycles. The highest BCUT2D eigenvalue weighted by Crippen LogP contribution is 2.46. The number of carbonyl (C=O) groups is 2. The van der Waals surface area contributed by atoms with E-state index in [1.54, 1.807) is 0 Å². The number of benzene rings is 1. The molecule has 0 amide bonds. The molecule has 4 rings (SSSR count). The third-order valence-electron chi connectivity index (χ3n) is 7.05. The number of methoxy groups -OCH3 is 1.